The van der Waals surface area contributed by atoms with Gasteiger partial charge in [-0.1, -0.05) is 12.1 Å². The highest BCUT2D eigenvalue weighted by Crippen LogP contribution is 2.15. The highest BCUT2D eigenvalue weighted by atomic mass is 32.2. The Balaban J connectivity index is 2.14. The van der Waals surface area contributed by atoms with Crippen molar-refractivity contribution in [2.45, 2.75) is 31.5 Å². The van der Waals surface area contributed by atoms with Crippen molar-refractivity contribution < 1.29 is 17.9 Å². The number of nitrogens with zero attached hydrogens (tertiary/aromatic N) is 1. The van der Waals surface area contributed by atoms with Gasteiger partial charge in [-0.15, -0.1) is 0 Å². The summed E-state index contributed by atoms with van der Waals surface area (Å²) >= 11 is 0. The summed E-state index contributed by atoms with van der Waals surface area (Å²) in [4.78, 5) is 0.107. The number of nitrogens with one attached hydrogen (secondary N) is 1. The maximum absolute atomic E-state index is 12.8. The van der Waals surface area contributed by atoms with Gasteiger partial charge in [-0.25, -0.2) is 17.5 Å². The van der Waals surface area contributed by atoms with E-state index in [1.165, 1.54) is 36.5 Å². The quantitative estimate of drug-likeness (QED) is 0.851. The van der Waals surface area contributed by atoms with Gasteiger partial charge in [0.15, 0.2) is 0 Å². The molecule has 0 bridgehead atoms. The second-order valence-electron chi connectivity index (χ2n) is 4.56. The van der Waals surface area contributed by atoms with Gasteiger partial charge in [0, 0.05) is 25.0 Å². The van der Waals surface area contributed by atoms with Crippen LogP contribution in [0.15, 0.2) is 41.4 Å². The van der Waals surface area contributed by atoms with Crippen LogP contribution in [0.25, 0.3) is 0 Å². The van der Waals surface area contributed by atoms with Crippen LogP contribution >= 0.6 is 0 Å². The molecule has 114 valence electrons. The fourth-order valence-corrected chi connectivity index (χ4v) is 3.04. The van der Waals surface area contributed by atoms with Gasteiger partial charge in [-0.05, 0) is 30.7 Å². The first-order valence-electron chi connectivity index (χ1n) is 6.50. The summed E-state index contributed by atoms with van der Waals surface area (Å²) in [6.07, 6.45) is 1.48. The molecule has 0 aliphatic rings. The van der Waals surface area contributed by atoms with E-state index in [4.69, 9.17) is 0 Å². The fraction of sp³-hybridized carbons (Fsp3) is 0.286. The molecular formula is C14H17FN2O3S. The molecule has 2 rings (SSSR count). The highest BCUT2D eigenvalue weighted by molar-refractivity contribution is 7.89. The van der Waals surface area contributed by atoms with Crippen LogP contribution in [0.1, 0.15) is 18.2 Å². The monoisotopic (exact) mass is 312 g/mol. The van der Waals surface area contributed by atoms with E-state index in [0.717, 1.165) is 0 Å². The average Bonchev–Trinajstić information content (AvgIpc) is 2.91. The van der Waals surface area contributed by atoms with Crippen LogP contribution in [0.2, 0.25) is 0 Å². The summed E-state index contributed by atoms with van der Waals surface area (Å²) in [5, 5.41) is 9.19. The number of halogens is 1. The molecule has 1 aromatic heterocycles. The molecule has 0 amide bonds. The van der Waals surface area contributed by atoms with Gasteiger partial charge in [-0.2, -0.15) is 0 Å². The minimum absolute atomic E-state index is 0.0778. The predicted molar refractivity (Wildman–Crippen MR) is 76.5 cm³/mol. The Morgan fingerprint density at radius 2 is 1.95 bits per heavy atom. The number of benzene rings is 1. The van der Waals surface area contributed by atoms with Crippen LogP contribution in [0.5, 0.6) is 0 Å². The van der Waals surface area contributed by atoms with E-state index in [0.29, 0.717) is 17.8 Å². The lowest BCUT2D eigenvalue weighted by Gasteiger charge is -2.05. The number of aryl methyl sites for hydroxylation is 1. The molecule has 1 heterocycles. The number of sulfonamides is 1. The third kappa shape index (κ3) is 3.69. The van der Waals surface area contributed by atoms with Gasteiger partial charge in [0.25, 0.3) is 0 Å². The molecule has 5 nitrogen and oxygen atoms in total. The Bertz CT molecular complexity index is 687. The first-order valence-corrected chi connectivity index (χ1v) is 7.98. The first-order chi connectivity index (χ1) is 9.96. The van der Waals surface area contributed by atoms with Gasteiger partial charge >= 0.3 is 0 Å². The van der Waals surface area contributed by atoms with Crippen molar-refractivity contribution in [1.29, 1.82) is 0 Å². The predicted octanol–water partition coefficient (Wildman–Crippen LogP) is 1.62. The molecule has 2 N–H and O–H groups in total. The summed E-state index contributed by atoms with van der Waals surface area (Å²) in [7, 11) is -3.67. The maximum atomic E-state index is 12.8. The van der Waals surface area contributed by atoms with Crippen molar-refractivity contribution in [1.82, 2.24) is 9.29 Å². The van der Waals surface area contributed by atoms with Gasteiger partial charge in [0.1, 0.15) is 5.82 Å². The molecule has 0 atom stereocenters. The van der Waals surface area contributed by atoms with E-state index >= 15 is 0 Å². The van der Waals surface area contributed by atoms with Crippen LogP contribution in [0.3, 0.4) is 0 Å². The number of hydrogen-bond acceptors (Lipinski definition) is 3. The molecule has 0 saturated heterocycles. The molecule has 21 heavy (non-hydrogen) atoms. The van der Waals surface area contributed by atoms with Crippen LogP contribution in [0, 0.1) is 5.82 Å². The first kappa shape index (κ1) is 15.7. The number of rotatable bonds is 6. The Hall–Kier alpha value is -1.70. The number of aromatic nitrogens is 1. The topological polar surface area (TPSA) is 71.3 Å². The van der Waals surface area contributed by atoms with Crippen molar-refractivity contribution >= 4 is 10.0 Å². The normalized spacial score (nSPS) is 11.8. The van der Waals surface area contributed by atoms with Gasteiger partial charge < -0.3 is 9.67 Å². The zero-order chi connectivity index (χ0) is 15.5. The lowest BCUT2D eigenvalue weighted by atomic mass is 10.2. The minimum Gasteiger partial charge on any atom is -0.390 e. The second kappa shape index (κ2) is 6.38. The van der Waals surface area contributed by atoms with Gasteiger partial charge in [0.05, 0.1) is 11.5 Å². The van der Waals surface area contributed by atoms with E-state index in [1.54, 1.807) is 4.57 Å². The van der Waals surface area contributed by atoms with E-state index in [1.807, 2.05) is 6.92 Å². The zero-order valence-electron chi connectivity index (χ0n) is 11.6. The molecule has 0 aliphatic carbocycles. The van der Waals surface area contributed by atoms with Crippen LogP contribution in [0.4, 0.5) is 4.39 Å². The van der Waals surface area contributed by atoms with E-state index in [-0.39, 0.29) is 23.9 Å². The third-order valence-electron chi connectivity index (χ3n) is 3.15. The molecule has 2 aromatic rings. The van der Waals surface area contributed by atoms with Crippen molar-refractivity contribution in [3.63, 3.8) is 0 Å². The molecule has 1 aromatic carbocycles. The van der Waals surface area contributed by atoms with Crippen molar-refractivity contribution in [3.05, 3.63) is 53.6 Å². The largest absolute Gasteiger partial charge is 0.390 e. The Kier molecular flexibility index (Phi) is 4.76. The van der Waals surface area contributed by atoms with Crippen LogP contribution in [-0.2, 0) is 29.7 Å². The molecule has 7 heteroatoms. The summed E-state index contributed by atoms with van der Waals surface area (Å²) in [6.45, 7) is 2.29. The molecule has 0 spiro atoms. The lowest BCUT2D eigenvalue weighted by Crippen LogP contribution is -2.22. The van der Waals surface area contributed by atoms with Gasteiger partial charge in [0.2, 0.25) is 10.0 Å². The third-order valence-corrected chi connectivity index (χ3v) is 4.52. The molecule has 0 unspecified atom stereocenters. The van der Waals surface area contributed by atoms with E-state index in [9.17, 15) is 17.9 Å². The summed E-state index contributed by atoms with van der Waals surface area (Å²) in [5.74, 6) is -0.366. The van der Waals surface area contributed by atoms with Crippen LogP contribution < -0.4 is 4.72 Å². The standard InChI is InChI=1S/C14H17FN2O3S/c1-2-17-9-14(7-13(17)10-18)21(19,20)16-8-11-3-5-12(15)6-4-11/h3-7,9,16,18H,2,8,10H2,1H3. The summed E-state index contributed by atoms with van der Waals surface area (Å²) in [5.41, 5.74) is 1.21. The summed E-state index contributed by atoms with van der Waals surface area (Å²) < 4.78 is 41.3. The number of hydrogen-bond donors (Lipinski definition) is 2. The second-order valence-corrected chi connectivity index (χ2v) is 6.33. The maximum Gasteiger partial charge on any atom is 0.242 e. The van der Waals surface area contributed by atoms with Crippen molar-refractivity contribution in [2.75, 3.05) is 0 Å². The highest BCUT2D eigenvalue weighted by Gasteiger charge is 2.17. The Morgan fingerprint density at radius 3 is 2.48 bits per heavy atom. The number of aliphatic hydroxyl groups is 1. The summed E-state index contributed by atoms with van der Waals surface area (Å²) in [6, 6.07) is 7.04. The SMILES string of the molecule is CCn1cc(S(=O)(=O)NCc2ccc(F)cc2)cc1CO. The smallest absolute Gasteiger partial charge is 0.242 e. The van der Waals surface area contributed by atoms with E-state index in [2.05, 4.69) is 4.72 Å². The van der Waals surface area contributed by atoms with Crippen LogP contribution in [-0.4, -0.2) is 18.1 Å². The number of aliphatic hydroxyl groups excluding tert-OH is 1. The Labute approximate surface area is 123 Å². The lowest BCUT2D eigenvalue weighted by molar-refractivity contribution is 0.271. The molecule has 0 saturated carbocycles. The Morgan fingerprint density at radius 1 is 1.29 bits per heavy atom. The molecule has 0 radical (unpaired) electrons. The average molecular weight is 312 g/mol. The minimum atomic E-state index is -3.67. The molecule has 0 fully saturated rings. The van der Waals surface area contributed by atoms with Crippen molar-refractivity contribution in [3.8, 4) is 0 Å². The zero-order valence-corrected chi connectivity index (χ0v) is 12.4. The fourth-order valence-electron chi connectivity index (χ4n) is 1.96. The molecule has 0 aliphatic heterocycles. The van der Waals surface area contributed by atoms with Gasteiger partial charge in [-0.3, -0.25) is 0 Å². The van der Waals surface area contributed by atoms with E-state index < -0.39 is 10.0 Å². The van der Waals surface area contributed by atoms with Crippen molar-refractivity contribution in [2.24, 2.45) is 0 Å². The molecular weight excluding hydrogens is 295 g/mol.